The third-order valence-corrected chi connectivity index (χ3v) is 3.00. The fraction of sp³-hybridized carbons (Fsp3) is 0.364. The Kier molecular flexibility index (Phi) is 2.92. The molecule has 0 fully saturated rings. The van der Waals surface area contributed by atoms with Gasteiger partial charge in [-0.15, -0.1) is 0 Å². The van der Waals surface area contributed by atoms with Gasteiger partial charge in [0.15, 0.2) is 11.9 Å². The number of carbonyl (C=O) groups is 1. The van der Waals surface area contributed by atoms with Crippen molar-refractivity contribution in [3.05, 3.63) is 22.5 Å². The number of carbonyl (C=O) groups excluding carboxylic acids is 1. The van der Waals surface area contributed by atoms with Gasteiger partial charge in [0.1, 0.15) is 0 Å². The topological polar surface area (TPSA) is 47.8 Å². The monoisotopic (exact) mass is 237 g/mol. The third kappa shape index (κ3) is 1.50. The molecule has 2 heterocycles. The highest BCUT2D eigenvalue weighted by atomic mass is 35.5. The highest BCUT2D eigenvalue weighted by Crippen LogP contribution is 2.27. The van der Waals surface area contributed by atoms with Crippen LogP contribution < -0.4 is 0 Å². The molecule has 0 aromatic carbocycles. The van der Waals surface area contributed by atoms with E-state index in [9.17, 15) is 4.79 Å². The van der Waals surface area contributed by atoms with Gasteiger partial charge in [-0.05, 0) is 13.3 Å². The smallest absolute Gasteiger partial charge is 0.159 e. The zero-order chi connectivity index (χ0) is 11.7. The van der Waals surface area contributed by atoms with Crippen LogP contribution >= 0.6 is 11.6 Å². The SMILES string of the molecule is CCc1nc2c(cnn2CC)c(Cl)c1C=O. The average Bonchev–Trinajstić information content (AvgIpc) is 2.71. The molecule has 5 heteroatoms. The summed E-state index contributed by atoms with van der Waals surface area (Å²) < 4.78 is 1.77. The van der Waals surface area contributed by atoms with Crippen LogP contribution in [0.5, 0.6) is 0 Å². The number of aldehydes is 1. The fourth-order valence-electron chi connectivity index (χ4n) is 1.73. The van der Waals surface area contributed by atoms with E-state index < -0.39 is 0 Å². The van der Waals surface area contributed by atoms with Gasteiger partial charge in [-0.2, -0.15) is 5.10 Å². The van der Waals surface area contributed by atoms with E-state index in [1.54, 1.807) is 10.9 Å². The minimum atomic E-state index is 0.455. The maximum Gasteiger partial charge on any atom is 0.159 e. The van der Waals surface area contributed by atoms with Crippen molar-refractivity contribution in [2.45, 2.75) is 26.8 Å². The molecule has 0 aliphatic carbocycles. The first-order valence-electron chi connectivity index (χ1n) is 5.22. The normalized spacial score (nSPS) is 10.9. The van der Waals surface area contributed by atoms with Crippen LogP contribution in [0.3, 0.4) is 0 Å². The van der Waals surface area contributed by atoms with Gasteiger partial charge in [-0.3, -0.25) is 4.79 Å². The highest BCUT2D eigenvalue weighted by molar-refractivity contribution is 6.37. The summed E-state index contributed by atoms with van der Waals surface area (Å²) in [6, 6.07) is 0. The van der Waals surface area contributed by atoms with Crippen LogP contribution in [-0.2, 0) is 13.0 Å². The summed E-state index contributed by atoms with van der Waals surface area (Å²) in [6.45, 7) is 4.67. The van der Waals surface area contributed by atoms with Gasteiger partial charge >= 0.3 is 0 Å². The molecular formula is C11H12ClN3O. The van der Waals surface area contributed by atoms with E-state index in [0.717, 1.165) is 29.6 Å². The maximum atomic E-state index is 11.0. The molecule has 4 nitrogen and oxygen atoms in total. The molecular weight excluding hydrogens is 226 g/mol. The lowest BCUT2D eigenvalue weighted by Crippen LogP contribution is -2.02. The van der Waals surface area contributed by atoms with Crippen molar-refractivity contribution in [2.75, 3.05) is 0 Å². The van der Waals surface area contributed by atoms with Crippen LogP contribution in [0.4, 0.5) is 0 Å². The fourth-order valence-corrected chi connectivity index (χ4v) is 2.02. The third-order valence-electron chi connectivity index (χ3n) is 2.59. The molecule has 16 heavy (non-hydrogen) atoms. The van der Waals surface area contributed by atoms with Gasteiger partial charge < -0.3 is 0 Å². The van der Waals surface area contributed by atoms with Crippen molar-refractivity contribution in [1.82, 2.24) is 14.8 Å². The Balaban J connectivity index is 2.84. The minimum absolute atomic E-state index is 0.455. The Labute approximate surface area is 98.2 Å². The summed E-state index contributed by atoms with van der Waals surface area (Å²) in [7, 11) is 0. The summed E-state index contributed by atoms with van der Waals surface area (Å²) in [6.07, 6.45) is 3.09. The van der Waals surface area contributed by atoms with E-state index >= 15 is 0 Å². The molecule has 0 saturated heterocycles. The Bertz CT molecular complexity index is 548. The number of aromatic nitrogens is 3. The second-order valence-corrected chi connectivity index (χ2v) is 3.83. The molecule has 2 aromatic rings. The number of aryl methyl sites for hydroxylation is 2. The van der Waals surface area contributed by atoms with Gasteiger partial charge in [0.05, 0.1) is 27.9 Å². The number of rotatable bonds is 3. The quantitative estimate of drug-likeness (QED) is 0.771. The van der Waals surface area contributed by atoms with E-state index in [-0.39, 0.29) is 0 Å². The second-order valence-electron chi connectivity index (χ2n) is 3.46. The molecule has 0 spiro atoms. The summed E-state index contributed by atoms with van der Waals surface area (Å²) >= 11 is 6.17. The Morgan fingerprint density at radius 3 is 2.81 bits per heavy atom. The van der Waals surface area contributed by atoms with Gasteiger partial charge in [-0.1, -0.05) is 18.5 Å². The van der Waals surface area contributed by atoms with Crippen molar-refractivity contribution in [3.63, 3.8) is 0 Å². The van der Waals surface area contributed by atoms with E-state index in [2.05, 4.69) is 10.1 Å². The largest absolute Gasteiger partial charge is 0.298 e. The van der Waals surface area contributed by atoms with E-state index in [1.807, 2.05) is 13.8 Å². The van der Waals surface area contributed by atoms with Crippen LogP contribution in [0, 0.1) is 0 Å². The van der Waals surface area contributed by atoms with Crippen LogP contribution in [-0.4, -0.2) is 21.1 Å². The molecule has 0 aliphatic rings. The Hall–Kier alpha value is -1.42. The average molecular weight is 238 g/mol. The van der Waals surface area contributed by atoms with Gasteiger partial charge in [0, 0.05) is 6.54 Å². The standard InChI is InChI=1S/C11H12ClN3O/c1-3-9-8(6-16)10(12)7-5-13-15(4-2)11(7)14-9/h5-6H,3-4H2,1-2H3. The van der Waals surface area contributed by atoms with Crippen LogP contribution in [0.1, 0.15) is 29.9 Å². The van der Waals surface area contributed by atoms with Gasteiger partial charge in [0.2, 0.25) is 0 Å². The van der Waals surface area contributed by atoms with Crippen molar-refractivity contribution in [2.24, 2.45) is 0 Å². The molecule has 0 unspecified atom stereocenters. The molecule has 2 rings (SSSR count). The Morgan fingerprint density at radius 1 is 1.50 bits per heavy atom. The molecule has 0 bridgehead atoms. The van der Waals surface area contributed by atoms with Gasteiger partial charge in [-0.25, -0.2) is 9.67 Å². The summed E-state index contributed by atoms with van der Waals surface area (Å²) in [5.41, 5.74) is 1.95. The maximum absolute atomic E-state index is 11.0. The molecule has 0 saturated carbocycles. The number of nitrogens with zero attached hydrogens (tertiary/aromatic N) is 3. The zero-order valence-corrected chi connectivity index (χ0v) is 9.95. The van der Waals surface area contributed by atoms with Crippen LogP contribution in [0.2, 0.25) is 5.02 Å². The second kappa shape index (κ2) is 4.22. The lowest BCUT2D eigenvalue weighted by Gasteiger charge is -2.05. The Morgan fingerprint density at radius 2 is 2.25 bits per heavy atom. The molecule has 0 atom stereocenters. The summed E-state index contributed by atoms with van der Waals surface area (Å²) in [4.78, 5) is 15.4. The van der Waals surface area contributed by atoms with Crippen molar-refractivity contribution >= 4 is 28.9 Å². The molecule has 0 aliphatic heterocycles. The summed E-state index contributed by atoms with van der Waals surface area (Å²) in [5, 5.41) is 5.37. The molecule has 2 aromatic heterocycles. The number of pyridine rings is 1. The molecule has 0 radical (unpaired) electrons. The number of fused-ring (bicyclic) bond motifs is 1. The van der Waals surface area contributed by atoms with Crippen LogP contribution in [0.25, 0.3) is 11.0 Å². The lowest BCUT2D eigenvalue weighted by atomic mass is 10.1. The van der Waals surface area contributed by atoms with E-state index in [0.29, 0.717) is 17.0 Å². The van der Waals surface area contributed by atoms with E-state index in [1.165, 1.54) is 0 Å². The first kappa shape index (κ1) is 11.1. The molecule has 0 N–H and O–H groups in total. The van der Waals surface area contributed by atoms with Crippen molar-refractivity contribution < 1.29 is 4.79 Å². The highest BCUT2D eigenvalue weighted by Gasteiger charge is 2.14. The molecule has 0 amide bonds. The lowest BCUT2D eigenvalue weighted by molar-refractivity contribution is 0.112. The van der Waals surface area contributed by atoms with Gasteiger partial charge in [0.25, 0.3) is 0 Å². The first-order chi connectivity index (χ1) is 7.72. The van der Waals surface area contributed by atoms with Crippen molar-refractivity contribution in [1.29, 1.82) is 0 Å². The van der Waals surface area contributed by atoms with Crippen molar-refractivity contribution in [3.8, 4) is 0 Å². The van der Waals surface area contributed by atoms with E-state index in [4.69, 9.17) is 11.6 Å². The zero-order valence-electron chi connectivity index (χ0n) is 9.20. The predicted octanol–water partition coefficient (Wildman–Crippen LogP) is 2.48. The number of hydrogen-bond donors (Lipinski definition) is 0. The molecule has 84 valence electrons. The predicted molar refractivity (Wildman–Crippen MR) is 63.0 cm³/mol. The number of hydrogen-bond acceptors (Lipinski definition) is 3. The van der Waals surface area contributed by atoms with Crippen LogP contribution in [0.15, 0.2) is 6.20 Å². The number of halogens is 1. The first-order valence-corrected chi connectivity index (χ1v) is 5.59. The summed E-state index contributed by atoms with van der Waals surface area (Å²) in [5.74, 6) is 0. The minimum Gasteiger partial charge on any atom is -0.298 e.